The molecule has 0 unspecified atom stereocenters. The number of aliphatic imine (C=N–C) groups is 1. The highest BCUT2D eigenvalue weighted by molar-refractivity contribution is 5.99. The summed E-state index contributed by atoms with van der Waals surface area (Å²) in [5, 5.41) is 0. The van der Waals surface area contributed by atoms with Crippen molar-refractivity contribution in [2.45, 2.75) is 6.92 Å². The summed E-state index contributed by atoms with van der Waals surface area (Å²) in [7, 11) is 0. The molecule has 1 nitrogen and oxygen atoms in total. The normalized spacial score (nSPS) is 11.9. The monoisotopic (exact) mass is 221 g/mol. The van der Waals surface area contributed by atoms with Gasteiger partial charge in [-0.05, 0) is 24.1 Å². The van der Waals surface area contributed by atoms with E-state index in [4.69, 9.17) is 0 Å². The topological polar surface area (TPSA) is 12.4 Å². The first-order chi connectivity index (χ1) is 8.36. The average molecular weight is 221 g/mol. The van der Waals surface area contributed by atoms with E-state index in [1.165, 1.54) is 0 Å². The number of benzene rings is 2. The molecule has 0 aromatic heterocycles. The summed E-state index contributed by atoms with van der Waals surface area (Å²) in [6.07, 6.45) is 3.85. The van der Waals surface area contributed by atoms with E-state index in [0.29, 0.717) is 0 Å². The Morgan fingerprint density at radius 3 is 2.12 bits per heavy atom. The molecule has 84 valence electrons. The predicted octanol–water partition coefficient (Wildman–Crippen LogP) is 4.17. The van der Waals surface area contributed by atoms with Crippen molar-refractivity contribution in [1.82, 2.24) is 0 Å². The van der Waals surface area contributed by atoms with Crippen LogP contribution in [-0.4, -0.2) is 5.71 Å². The van der Waals surface area contributed by atoms with Crippen LogP contribution in [0.4, 0.5) is 0 Å². The van der Waals surface area contributed by atoms with Crippen LogP contribution in [0.3, 0.4) is 0 Å². The van der Waals surface area contributed by atoms with Gasteiger partial charge in [0.05, 0.1) is 0 Å². The van der Waals surface area contributed by atoms with Gasteiger partial charge in [-0.1, -0.05) is 60.7 Å². The van der Waals surface area contributed by atoms with Gasteiger partial charge < -0.3 is 0 Å². The van der Waals surface area contributed by atoms with Gasteiger partial charge in [0.15, 0.2) is 0 Å². The van der Waals surface area contributed by atoms with Crippen molar-refractivity contribution in [3.63, 3.8) is 0 Å². The van der Waals surface area contributed by atoms with Gasteiger partial charge in [0.25, 0.3) is 0 Å². The van der Waals surface area contributed by atoms with Gasteiger partial charge in [0.1, 0.15) is 0 Å². The van der Waals surface area contributed by atoms with Crippen LogP contribution >= 0.6 is 0 Å². The highest BCUT2D eigenvalue weighted by atomic mass is 14.7. The van der Waals surface area contributed by atoms with Crippen molar-refractivity contribution in [2.75, 3.05) is 0 Å². The third-order valence-electron chi connectivity index (χ3n) is 2.53. The predicted molar refractivity (Wildman–Crippen MR) is 74.1 cm³/mol. The molecule has 0 atom stereocenters. The Morgan fingerprint density at radius 2 is 1.47 bits per heavy atom. The average Bonchev–Trinajstić information content (AvgIpc) is 2.41. The maximum atomic E-state index is 4.43. The maximum absolute atomic E-state index is 4.43. The first-order valence-corrected chi connectivity index (χ1v) is 5.68. The van der Waals surface area contributed by atoms with Crippen molar-refractivity contribution in [3.8, 4) is 0 Å². The van der Waals surface area contributed by atoms with E-state index in [9.17, 15) is 0 Å². The molecule has 2 aromatic rings. The van der Waals surface area contributed by atoms with E-state index in [-0.39, 0.29) is 0 Å². The first-order valence-electron chi connectivity index (χ1n) is 5.68. The van der Waals surface area contributed by atoms with Crippen molar-refractivity contribution in [3.05, 3.63) is 78.0 Å². The summed E-state index contributed by atoms with van der Waals surface area (Å²) in [5.74, 6) is 0. The highest BCUT2D eigenvalue weighted by Crippen LogP contribution is 2.04. The van der Waals surface area contributed by atoms with Crippen LogP contribution in [0.15, 0.2) is 71.9 Å². The minimum Gasteiger partial charge on any atom is -0.261 e. The Bertz CT molecular complexity index is 510. The van der Waals surface area contributed by atoms with Crippen LogP contribution in [0.1, 0.15) is 18.1 Å². The van der Waals surface area contributed by atoms with E-state index in [0.717, 1.165) is 16.8 Å². The Balaban J connectivity index is 2.09. The van der Waals surface area contributed by atoms with Crippen molar-refractivity contribution < 1.29 is 0 Å². The Morgan fingerprint density at radius 1 is 0.882 bits per heavy atom. The third-order valence-corrected chi connectivity index (χ3v) is 2.53. The van der Waals surface area contributed by atoms with Crippen LogP contribution in [0.2, 0.25) is 0 Å². The summed E-state index contributed by atoms with van der Waals surface area (Å²) in [6.45, 7) is 2.02. The summed E-state index contributed by atoms with van der Waals surface area (Å²) < 4.78 is 0. The lowest BCUT2D eigenvalue weighted by molar-refractivity contribution is 1.50. The molecule has 0 saturated carbocycles. The molecular formula is C16H15N. The fraction of sp³-hybridized carbons (Fsp3) is 0.0625. The molecule has 0 amide bonds. The van der Waals surface area contributed by atoms with E-state index < -0.39 is 0 Å². The summed E-state index contributed by atoms with van der Waals surface area (Å²) >= 11 is 0. The molecule has 2 aromatic carbocycles. The lowest BCUT2D eigenvalue weighted by atomic mass is 10.1. The number of nitrogens with zero attached hydrogens (tertiary/aromatic N) is 1. The van der Waals surface area contributed by atoms with Crippen LogP contribution in [0, 0.1) is 0 Å². The highest BCUT2D eigenvalue weighted by Gasteiger charge is 1.92. The zero-order valence-corrected chi connectivity index (χ0v) is 9.88. The molecule has 0 heterocycles. The first kappa shape index (κ1) is 11.3. The van der Waals surface area contributed by atoms with Gasteiger partial charge in [-0.2, -0.15) is 0 Å². The van der Waals surface area contributed by atoms with Gasteiger partial charge >= 0.3 is 0 Å². The molecule has 0 saturated heterocycles. The molecule has 0 fully saturated rings. The maximum Gasteiger partial charge on any atom is 0.0444 e. The molecule has 2 rings (SSSR count). The van der Waals surface area contributed by atoms with Crippen molar-refractivity contribution >= 4 is 11.8 Å². The molecule has 0 aliphatic rings. The quantitative estimate of drug-likeness (QED) is 0.690. The van der Waals surface area contributed by atoms with Gasteiger partial charge in [-0.3, -0.25) is 4.99 Å². The molecule has 0 aliphatic heterocycles. The van der Waals surface area contributed by atoms with Crippen LogP contribution in [0.25, 0.3) is 6.08 Å². The third kappa shape index (κ3) is 3.42. The second-order valence-corrected chi connectivity index (χ2v) is 3.81. The lowest BCUT2D eigenvalue weighted by Gasteiger charge is -1.97. The van der Waals surface area contributed by atoms with Crippen molar-refractivity contribution in [2.24, 2.45) is 4.99 Å². The minimum absolute atomic E-state index is 1.03. The molecule has 1 heteroatoms. The molecule has 0 radical (unpaired) electrons. The summed E-state index contributed by atoms with van der Waals surface area (Å²) in [5.41, 5.74) is 3.35. The zero-order valence-electron chi connectivity index (χ0n) is 9.88. The van der Waals surface area contributed by atoms with Gasteiger partial charge in [0, 0.05) is 11.9 Å². The minimum atomic E-state index is 1.03. The smallest absolute Gasteiger partial charge is 0.0444 e. The molecule has 0 aliphatic carbocycles. The van der Waals surface area contributed by atoms with E-state index >= 15 is 0 Å². The molecule has 17 heavy (non-hydrogen) atoms. The molecule has 0 N–H and O–H groups in total. The number of rotatable bonds is 3. The molecule has 0 bridgehead atoms. The lowest BCUT2D eigenvalue weighted by Crippen LogP contribution is -1.91. The fourth-order valence-electron chi connectivity index (χ4n) is 1.55. The SMILES string of the molecule is CC(=N/C=C\c1ccccc1)c1ccccc1. The Kier molecular flexibility index (Phi) is 3.87. The van der Waals surface area contributed by atoms with E-state index in [2.05, 4.69) is 29.3 Å². The van der Waals surface area contributed by atoms with Crippen LogP contribution in [-0.2, 0) is 0 Å². The second-order valence-electron chi connectivity index (χ2n) is 3.81. The zero-order chi connectivity index (χ0) is 11.9. The Hall–Kier alpha value is -2.15. The summed E-state index contributed by atoms with van der Waals surface area (Å²) in [4.78, 5) is 4.43. The second kappa shape index (κ2) is 5.80. The number of hydrogen-bond acceptors (Lipinski definition) is 1. The van der Waals surface area contributed by atoms with Crippen molar-refractivity contribution in [1.29, 1.82) is 0 Å². The van der Waals surface area contributed by atoms with E-state index in [1.807, 2.05) is 55.6 Å². The van der Waals surface area contributed by atoms with E-state index in [1.54, 1.807) is 0 Å². The van der Waals surface area contributed by atoms with Crippen LogP contribution in [0.5, 0.6) is 0 Å². The summed E-state index contributed by atoms with van der Waals surface area (Å²) in [6, 6.07) is 20.4. The largest absolute Gasteiger partial charge is 0.261 e. The standard InChI is InChI=1S/C16H15N/c1-14(16-10-6-3-7-11-16)17-13-12-15-8-4-2-5-9-15/h2-13H,1H3/b13-12-,17-14?. The van der Waals surface area contributed by atoms with Gasteiger partial charge in [-0.15, -0.1) is 0 Å². The Labute approximate surface area is 102 Å². The molecule has 0 spiro atoms. The fourth-order valence-corrected chi connectivity index (χ4v) is 1.55. The van der Waals surface area contributed by atoms with Crippen LogP contribution < -0.4 is 0 Å². The number of hydrogen-bond donors (Lipinski definition) is 0. The van der Waals surface area contributed by atoms with Gasteiger partial charge in [-0.25, -0.2) is 0 Å². The van der Waals surface area contributed by atoms with Gasteiger partial charge in [0.2, 0.25) is 0 Å². The molecular weight excluding hydrogens is 206 g/mol.